The van der Waals surface area contributed by atoms with E-state index < -0.39 is 16.1 Å². The van der Waals surface area contributed by atoms with Gasteiger partial charge in [0.1, 0.15) is 11.5 Å². The monoisotopic (exact) mass is 585 g/mol. The van der Waals surface area contributed by atoms with E-state index >= 15 is 0 Å². The molecular formula is C32H31N3O6S. The molecule has 4 aromatic rings. The van der Waals surface area contributed by atoms with Crippen LogP contribution in [0.25, 0.3) is 0 Å². The Bertz CT molecular complexity index is 1660. The van der Waals surface area contributed by atoms with Crippen molar-refractivity contribution in [1.29, 1.82) is 0 Å². The van der Waals surface area contributed by atoms with E-state index in [0.29, 0.717) is 29.3 Å². The van der Waals surface area contributed by atoms with Gasteiger partial charge in [0, 0.05) is 13.1 Å². The summed E-state index contributed by atoms with van der Waals surface area (Å²) in [4.78, 5) is 27.9. The number of nitrogens with zero attached hydrogens (tertiary/aromatic N) is 1. The number of aryl methyl sites for hydroxylation is 1. The van der Waals surface area contributed by atoms with E-state index in [1.165, 1.54) is 23.1 Å². The first-order valence-corrected chi connectivity index (χ1v) is 14.9. The lowest BCUT2D eigenvalue weighted by Crippen LogP contribution is -2.51. The van der Waals surface area contributed by atoms with Crippen molar-refractivity contribution in [2.24, 2.45) is 0 Å². The molecule has 2 N–H and O–H groups in total. The molecular weight excluding hydrogens is 554 g/mol. The number of fused-ring (bicyclic) bond motifs is 1. The predicted octanol–water partition coefficient (Wildman–Crippen LogP) is 3.96. The highest BCUT2D eigenvalue weighted by Gasteiger charge is 2.34. The normalized spacial score (nSPS) is 14.4. The summed E-state index contributed by atoms with van der Waals surface area (Å²) in [5.41, 5.74) is 2.90. The maximum atomic E-state index is 13.3. The smallest absolute Gasteiger partial charge is 0.265 e. The number of carbonyl (C=O) groups is 2. The number of ether oxygens (including phenoxy) is 2. The fraction of sp³-hybridized carbons (Fsp3) is 0.188. The number of para-hydroxylation sites is 2. The lowest BCUT2D eigenvalue weighted by Gasteiger charge is -2.34. The second-order valence-corrected chi connectivity index (χ2v) is 11.6. The van der Waals surface area contributed by atoms with E-state index in [9.17, 15) is 18.0 Å². The zero-order valence-corrected chi connectivity index (χ0v) is 23.8. The molecule has 42 heavy (non-hydrogen) atoms. The van der Waals surface area contributed by atoms with Crippen molar-refractivity contribution in [1.82, 2.24) is 10.0 Å². The lowest BCUT2D eigenvalue weighted by atomic mass is 10.1. The van der Waals surface area contributed by atoms with Crippen molar-refractivity contribution < 1.29 is 27.5 Å². The Morgan fingerprint density at radius 1 is 0.881 bits per heavy atom. The van der Waals surface area contributed by atoms with Gasteiger partial charge in [-0.05, 0) is 53.9 Å². The van der Waals surface area contributed by atoms with Gasteiger partial charge in [-0.3, -0.25) is 9.59 Å². The Kier molecular flexibility index (Phi) is 8.85. The molecule has 4 aromatic carbocycles. The molecule has 1 atom stereocenters. The molecule has 0 unspecified atom stereocenters. The number of hydrogen-bond donors (Lipinski definition) is 2. The number of carbonyl (C=O) groups excluding carboxylic acids is 2. The van der Waals surface area contributed by atoms with Crippen molar-refractivity contribution in [3.8, 4) is 11.5 Å². The highest BCUT2D eigenvalue weighted by atomic mass is 32.2. The second kappa shape index (κ2) is 12.9. The molecule has 0 spiro atoms. The highest BCUT2D eigenvalue weighted by molar-refractivity contribution is 7.89. The average molecular weight is 586 g/mol. The molecule has 0 saturated heterocycles. The van der Waals surface area contributed by atoms with Crippen molar-refractivity contribution in [3.05, 3.63) is 120 Å². The summed E-state index contributed by atoms with van der Waals surface area (Å²) < 4.78 is 40.0. The van der Waals surface area contributed by atoms with Crippen LogP contribution in [0.3, 0.4) is 0 Å². The van der Waals surface area contributed by atoms with E-state index in [4.69, 9.17) is 9.47 Å². The Balaban J connectivity index is 1.22. The molecule has 1 heterocycles. The molecule has 0 saturated carbocycles. The number of benzene rings is 4. The Morgan fingerprint density at radius 2 is 1.52 bits per heavy atom. The number of nitrogens with one attached hydrogen (secondary N) is 2. The predicted molar refractivity (Wildman–Crippen MR) is 159 cm³/mol. The summed E-state index contributed by atoms with van der Waals surface area (Å²) in [7, 11) is -3.75. The van der Waals surface area contributed by atoms with E-state index in [1.54, 1.807) is 31.2 Å². The van der Waals surface area contributed by atoms with Crippen LogP contribution in [0.15, 0.2) is 108 Å². The molecule has 0 fully saturated rings. The van der Waals surface area contributed by atoms with Crippen molar-refractivity contribution in [2.75, 3.05) is 18.1 Å². The molecule has 216 valence electrons. The largest absolute Gasteiger partial charge is 0.483 e. The van der Waals surface area contributed by atoms with Gasteiger partial charge in [-0.1, -0.05) is 72.8 Å². The van der Waals surface area contributed by atoms with Crippen molar-refractivity contribution in [3.63, 3.8) is 0 Å². The van der Waals surface area contributed by atoms with Gasteiger partial charge in [-0.2, -0.15) is 0 Å². The first kappa shape index (κ1) is 28.8. The van der Waals surface area contributed by atoms with E-state index in [1.807, 2.05) is 60.7 Å². The Hall–Kier alpha value is -4.67. The molecule has 5 rings (SSSR count). The lowest BCUT2D eigenvalue weighted by molar-refractivity contribution is -0.128. The summed E-state index contributed by atoms with van der Waals surface area (Å²) in [5, 5.41) is 2.87. The molecule has 10 heteroatoms. The zero-order chi connectivity index (χ0) is 29.5. The molecule has 0 aliphatic carbocycles. The first-order valence-electron chi connectivity index (χ1n) is 13.4. The van der Waals surface area contributed by atoms with Crippen LogP contribution >= 0.6 is 0 Å². The molecule has 2 amide bonds. The summed E-state index contributed by atoms with van der Waals surface area (Å²) in [5.74, 6) is 0.0996. The summed E-state index contributed by atoms with van der Waals surface area (Å²) in [6.45, 7) is 1.92. The van der Waals surface area contributed by atoms with Crippen LogP contribution in [-0.4, -0.2) is 39.5 Å². The molecule has 1 aliphatic rings. The fourth-order valence-electron chi connectivity index (χ4n) is 4.53. The van der Waals surface area contributed by atoms with Gasteiger partial charge in [0.2, 0.25) is 10.0 Å². The third-order valence-electron chi connectivity index (χ3n) is 6.79. The average Bonchev–Trinajstić information content (AvgIpc) is 3.02. The second-order valence-electron chi connectivity index (χ2n) is 9.81. The third-order valence-corrected chi connectivity index (χ3v) is 8.19. The van der Waals surface area contributed by atoms with E-state index in [-0.39, 0.29) is 36.4 Å². The van der Waals surface area contributed by atoms with Gasteiger partial charge >= 0.3 is 0 Å². The minimum Gasteiger partial charge on any atom is -0.483 e. The van der Waals surface area contributed by atoms with Crippen LogP contribution in [0.2, 0.25) is 0 Å². The quantitative estimate of drug-likeness (QED) is 0.291. The summed E-state index contributed by atoms with van der Waals surface area (Å²) >= 11 is 0. The SMILES string of the molecule is Cc1cc(S(=O)(=O)NCc2ccccc2)ccc1OCC(=O)N1C[C@H](C(=O)NCc2ccccc2)Oc2ccccc21. The van der Waals surface area contributed by atoms with Crippen LogP contribution in [0.4, 0.5) is 5.69 Å². The zero-order valence-electron chi connectivity index (χ0n) is 23.0. The summed E-state index contributed by atoms with van der Waals surface area (Å²) in [6, 6.07) is 30.3. The minimum absolute atomic E-state index is 0.0169. The maximum Gasteiger partial charge on any atom is 0.265 e. The van der Waals surface area contributed by atoms with Gasteiger partial charge in [-0.25, -0.2) is 13.1 Å². The van der Waals surface area contributed by atoms with Crippen molar-refractivity contribution in [2.45, 2.75) is 31.0 Å². The van der Waals surface area contributed by atoms with Gasteiger partial charge < -0.3 is 19.7 Å². The fourth-order valence-corrected chi connectivity index (χ4v) is 5.63. The molecule has 0 bridgehead atoms. The third kappa shape index (κ3) is 6.96. The van der Waals surface area contributed by atoms with Gasteiger partial charge in [-0.15, -0.1) is 0 Å². The molecule has 0 aromatic heterocycles. The Morgan fingerprint density at radius 3 is 2.21 bits per heavy atom. The number of rotatable bonds is 10. The van der Waals surface area contributed by atoms with Crippen LogP contribution in [-0.2, 0) is 32.7 Å². The number of sulfonamides is 1. The number of amides is 2. The number of anilines is 1. The van der Waals surface area contributed by atoms with E-state index in [2.05, 4.69) is 10.0 Å². The topological polar surface area (TPSA) is 114 Å². The maximum absolute atomic E-state index is 13.3. The van der Waals surface area contributed by atoms with Crippen LogP contribution in [0, 0.1) is 6.92 Å². The van der Waals surface area contributed by atoms with E-state index in [0.717, 1.165) is 11.1 Å². The molecule has 0 radical (unpaired) electrons. The molecule has 1 aliphatic heterocycles. The van der Waals surface area contributed by atoms with Crippen molar-refractivity contribution >= 4 is 27.5 Å². The van der Waals surface area contributed by atoms with Gasteiger partial charge in [0.15, 0.2) is 12.7 Å². The Labute approximate surface area is 245 Å². The van der Waals surface area contributed by atoms with Crippen LogP contribution < -0.4 is 24.4 Å². The molecule has 9 nitrogen and oxygen atoms in total. The van der Waals surface area contributed by atoms with Crippen LogP contribution in [0.1, 0.15) is 16.7 Å². The summed E-state index contributed by atoms with van der Waals surface area (Å²) in [6.07, 6.45) is -0.901. The number of hydrogen-bond acceptors (Lipinski definition) is 6. The van der Waals surface area contributed by atoms with Gasteiger partial charge in [0.25, 0.3) is 11.8 Å². The van der Waals surface area contributed by atoms with Crippen LogP contribution in [0.5, 0.6) is 11.5 Å². The highest BCUT2D eigenvalue weighted by Crippen LogP contribution is 2.33. The first-order chi connectivity index (χ1) is 20.3. The van der Waals surface area contributed by atoms with Gasteiger partial charge in [0.05, 0.1) is 17.1 Å². The standard InChI is InChI=1S/C32H31N3O6S/c1-23-18-26(42(38,39)34-20-25-12-6-3-7-13-25)16-17-28(23)40-22-31(36)35-21-30(41-29-15-9-8-14-27(29)35)32(37)33-19-24-10-4-2-5-11-24/h2-18,30,34H,19-22H2,1H3,(H,33,37)/t30-/m1/s1. The minimum atomic E-state index is -3.75.